The SMILES string of the molecule is CCNC(C)c1ccc(N2CCN(C(C)=O)CC2)cc1Cl. The Morgan fingerprint density at radius 3 is 2.52 bits per heavy atom. The summed E-state index contributed by atoms with van der Waals surface area (Å²) >= 11 is 6.43. The highest BCUT2D eigenvalue weighted by Gasteiger charge is 2.19. The van der Waals surface area contributed by atoms with Crippen LogP contribution in [0.4, 0.5) is 5.69 Å². The zero-order chi connectivity index (χ0) is 15.4. The van der Waals surface area contributed by atoms with E-state index in [9.17, 15) is 4.79 Å². The van der Waals surface area contributed by atoms with Crippen LogP contribution < -0.4 is 10.2 Å². The lowest BCUT2D eigenvalue weighted by Crippen LogP contribution is -2.48. The first kappa shape index (κ1) is 16.1. The minimum absolute atomic E-state index is 0.155. The van der Waals surface area contributed by atoms with Crippen molar-refractivity contribution < 1.29 is 4.79 Å². The molecule has 116 valence electrons. The molecule has 0 radical (unpaired) electrons. The minimum Gasteiger partial charge on any atom is -0.368 e. The number of nitrogens with one attached hydrogen (secondary N) is 1. The summed E-state index contributed by atoms with van der Waals surface area (Å²) in [5.41, 5.74) is 2.26. The topological polar surface area (TPSA) is 35.6 Å². The summed E-state index contributed by atoms with van der Waals surface area (Å²) in [5.74, 6) is 0.155. The predicted octanol–water partition coefficient (Wildman–Crippen LogP) is 2.68. The van der Waals surface area contributed by atoms with E-state index in [1.807, 2.05) is 11.0 Å². The first-order valence-corrected chi connectivity index (χ1v) is 7.94. The lowest BCUT2D eigenvalue weighted by atomic mass is 10.1. The van der Waals surface area contributed by atoms with Crippen molar-refractivity contribution in [3.05, 3.63) is 28.8 Å². The number of amides is 1. The molecule has 2 rings (SSSR count). The fourth-order valence-electron chi connectivity index (χ4n) is 2.76. The highest BCUT2D eigenvalue weighted by molar-refractivity contribution is 6.31. The van der Waals surface area contributed by atoms with Crippen LogP contribution in [0.3, 0.4) is 0 Å². The van der Waals surface area contributed by atoms with Crippen molar-refractivity contribution in [1.29, 1.82) is 0 Å². The van der Waals surface area contributed by atoms with Gasteiger partial charge in [-0.15, -0.1) is 0 Å². The predicted molar refractivity (Wildman–Crippen MR) is 88.0 cm³/mol. The summed E-state index contributed by atoms with van der Waals surface area (Å²) in [5, 5.41) is 4.18. The zero-order valence-electron chi connectivity index (χ0n) is 13.0. The van der Waals surface area contributed by atoms with Gasteiger partial charge in [-0.1, -0.05) is 24.6 Å². The zero-order valence-corrected chi connectivity index (χ0v) is 13.8. The maximum Gasteiger partial charge on any atom is 0.219 e. The average molecular weight is 310 g/mol. The van der Waals surface area contributed by atoms with Crippen molar-refractivity contribution in [2.75, 3.05) is 37.6 Å². The lowest BCUT2D eigenvalue weighted by molar-refractivity contribution is -0.129. The van der Waals surface area contributed by atoms with E-state index >= 15 is 0 Å². The first-order valence-electron chi connectivity index (χ1n) is 7.56. The molecule has 1 N–H and O–H groups in total. The summed E-state index contributed by atoms with van der Waals surface area (Å²) in [6.45, 7) is 10.0. The van der Waals surface area contributed by atoms with E-state index in [0.29, 0.717) is 0 Å². The van der Waals surface area contributed by atoms with Crippen molar-refractivity contribution in [1.82, 2.24) is 10.2 Å². The molecule has 1 amide bonds. The number of piperazine rings is 1. The average Bonchev–Trinajstić information content (AvgIpc) is 2.47. The second-order valence-electron chi connectivity index (χ2n) is 5.48. The third-order valence-electron chi connectivity index (χ3n) is 4.05. The van der Waals surface area contributed by atoms with E-state index in [0.717, 1.165) is 49.0 Å². The molecule has 0 aromatic heterocycles. The second-order valence-corrected chi connectivity index (χ2v) is 5.89. The van der Waals surface area contributed by atoms with Gasteiger partial charge in [-0.05, 0) is 31.2 Å². The van der Waals surface area contributed by atoms with Crippen LogP contribution >= 0.6 is 11.6 Å². The van der Waals surface area contributed by atoms with Crippen molar-refractivity contribution in [2.45, 2.75) is 26.8 Å². The highest BCUT2D eigenvalue weighted by atomic mass is 35.5. The molecule has 4 nitrogen and oxygen atoms in total. The van der Waals surface area contributed by atoms with Gasteiger partial charge >= 0.3 is 0 Å². The van der Waals surface area contributed by atoms with Crippen molar-refractivity contribution >= 4 is 23.2 Å². The van der Waals surface area contributed by atoms with Gasteiger partial charge in [-0.3, -0.25) is 4.79 Å². The Labute approximate surface area is 132 Å². The molecule has 0 aliphatic carbocycles. The Morgan fingerprint density at radius 2 is 2.00 bits per heavy atom. The molecular weight excluding hydrogens is 286 g/mol. The lowest BCUT2D eigenvalue weighted by Gasteiger charge is -2.36. The van der Waals surface area contributed by atoms with Gasteiger partial charge < -0.3 is 15.1 Å². The maximum atomic E-state index is 11.4. The van der Waals surface area contributed by atoms with Crippen LogP contribution in [0.1, 0.15) is 32.4 Å². The van der Waals surface area contributed by atoms with Gasteiger partial charge in [0.05, 0.1) is 0 Å². The number of hydrogen-bond acceptors (Lipinski definition) is 3. The number of halogens is 1. The molecule has 0 spiro atoms. The van der Waals surface area contributed by atoms with Crippen LogP contribution in [-0.2, 0) is 4.79 Å². The Bertz CT molecular complexity index is 498. The number of carbonyl (C=O) groups excluding carboxylic acids is 1. The van der Waals surface area contributed by atoms with Crippen LogP contribution in [-0.4, -0.2) is 43.5 Å². The molecule has 21 heavy (non-hydrogen) atoms. The van der Waals surface area contributed by atoms with Gasteiger partial charge in [-0.2, -0.15) is 0 Å². The minimum atomic E-state index is 0.155. The summed E-state index contributed by atoms with van der Waals surface area (Å²) < 4.78 is 0. The molecule has 1 saturated heterocycles. The molecule has 1 unspecified atom stereocenters. The number of rotatable bonds is 4. The van der Waals surface area contributed by atoms with E-state index < -0.39 is 0 Å². The van der Waals surface area contributed by atoms with Gasteiger partial charge in [0.1, 0.15) is 0 Å². The smallest absolute Gasteiger partial charge is 0.219 e. The molecule has 1 aliphatic heterocycles. The standard InChI is InChI=1S/C16H24ClN3O/c1-4-18-12(2)15-6-5-14(11-16(15)17)20-9-7-19(8-10-20)13(3)21/h5-6,11-12,18H,4,7-10H2,1-3H3. The fraction of sp³-hybridized carbons (Fsp3) is 0.562. The molecule has 0 saturated carbocycles. The van der Waals surface area contributed by atoms with E-state index in [4.69, 9.17) is 11.6 Å². The van der Waals surface area contributed by atoms with E-state index in [1.165, 1.54) is 0 Å². The number of benzene rings is 1. The molecule has 0 bridgehead atoms. The van der Waals surface area contributed by atoms with Crippen LogP contribution in [0.25, 0.3) is 0 Å². The summed E-state index contributed by atoms with van der Waals surface area (Å²) in [6, 6.07) is 6.51. The summed E-state index contributed by atoms with van der Waals surface area (Å²) in [6.07, 6.45) is 0. The third-order valence-corrected chi connectivity index (χ3v) is 4.38. The Morgan fingerprint density at radius 1 is 1.33 bits per heavy atom. The molecule has 1 heterocycles. The van der Waals surface area contributed by atoms with Crippen LogP contribution in [0.5, 0.6) is 0 Å². The van der Waals surface area contributed by atoms with Gasteiger partial charge in [0.15, 0.2) is 0 Å². The second kappa shape index (κ2) is 7.14. The normalized spacial score (nSPS) is 17.0. The molecule has 1 fully saturated rings. The fourth-order valence-corrected chi connectivity index (χ4v) is 3.10. The molecule has 1 atom stereocenters. The highest BCUT2D eigenvalue weighted by Crippen LogP contribution is 2.28. The van der Waals surface area contributed by atoms with Crippen LogP contribution in [0.15, 0.2) is 18.2 Å². The Hall–Kier alpha value is -1.26. The number of carbonyl (C=O) groups is 1. The van der Waals surface area contributed by atoms with Gasteiger partial charge in [-0.25, -0.2) is 0 Å². The largest absolute Gasteiger partial charge is 0.368 e. The summed E-state index contributed by atoms with van der Waals surface area (Å²) in [4.78, 5) is 15.5. The van der Waals surface area contributed by atoms with Crippen molar-refractivity contribution in [3.8, 4) is 0 Å². The van der Waals surface area contributed by atoms with E-state index in [2.05, 4.69) is 36.2 Å². The molecule has 1 aliphatic rings. The van der Waals surface area contributed by atoms with Gasteiger partial charge in [0, 0.05) is 49.9 Å². The van der Waals surface area contributed by atoms with Crippen molar-refractivity contribution in [2.24, 2.45) is 0 Å². The van der Waals surface area contributed by atoms with Gasteiger partial charge in [0.25, 0.3) is 0 Å². The molecule has 1 aromatic carbocycles. The van der Waals surface area contributed by atoms with Crippen LogP contribution in [0.2, 0.25) is 5.02 Å². The number of nitrogens with zero attached hydrogens (tertiary/aromatic N) is 2. The Balaban J connectivity index is 2.05. The third kappa shape index (κ3) is 3.89. The number of anilines is 1. The molecule has 1 aromatic rings. The quantitative estimate of drug-likeness (QED) is 0.929. The van der Waals surface area contributed by atoms with Crippen molar-refractivity contribution in [3.63, 3.8) is 0 Å². The first-order chi connectivity index (χ1) is 10.0. The monoisotopic (exact) mass is 309 g/mol. The summed E-state index contributed by atoms with van der Waals surface area (Å²) in [7, 11) is 0. The van der Waals surface area contributed by atoms with Crippen LogP contribution in [0, 0.1) is 0 Å². The van der Waals surface area contributed by atoms with Gasteiger partial charge in [0.2, 0.25) is 5.91 Å². The Kier molecular flexibility index (Phi) is 5.48. The van der Waals surface area contributed by atoms with E-state index in [-0.39, 0.29) is 11.9 Å². The maximum absolute atomic E-state index is 11.4. The number of hydrogen-bond donors (Lipinski definition) is 1. The molecule has 5 heteroatoms. The van der Waals surface area contributed by atoms with E-state index in [1.54, 1.807) is 6.92 Å². The molecular formula is C16H24ClN3O.